The molecule has 0 spiro atoms. The highest BCUT2D eigenvalue weighted by atomic mass is 79.9. The molecular weight excluding hydrogens is 308 g/mol. The standard InChI is InChI=1S/C12H16BrClFNO/c1-3-16-10(7-17-4-2)8-5-6-9(13)11(14)12(8)15/h5-6,10,16H,3-4,7H2,1-2H3. The highest BCUT2D eigenvalue weighted by Crippen LogP contribution is 2.30. The van der Waals surface area contributed by atoms with Gasteiger partial charge >= 0.3 is 0 Å². The van der Waals surface area contributed by atoms with Gasteiger partial charge in [0.2, 0.25) is 0 Å². The topological polar surface area (TPSA) is 21.3 Å². The fraction of sp³-hybridized carbons (Fsp3) is 0.500. The summed E-state index contributed by atoms with van der Waals surface area (Å²) in [6, 6.07) is 3.29. The van der Waals surface area contributed by atoms with Crippen molar-refractivity contribution in [3.63, 3.8) is 0 Å². The van der Waals surface area contributed by atoms with Gasteiger partial charge in [-0.15, -0.1) is 0 Å². The number of halogens is 3. The number of ether oxygens (including phenoxy) is 1. The lowest BCUT2D eigenvalue weighted by Gasteiger charge is -2.19. The maximum atomic E-state index is 14.0. The molecule has 0 aromatic heterocycles. The molecule has 2 nitrogen and oxygen atoms in total. The molecule has 0 bridgehead atoms. The van der Waals surface area contributed by atoms with E-state index in [1.165, 1.54) is 0 Å². The zero-order valence-corrected chi connectivity index (χ0v) is 12.2. The molecule has 0 aliphatic rings. The van der Waals surface area contributed by atoms with E-state index in [4.69, 9.17) is 16.3 Å². The van der Waals surface area contributed by atoms with Crippen LogP contribution in [0.15, 0.2) is 16.6 Å². The van der Waals surface area contributed by atoms with Crippen LogP contribution in [0.2, 0.25) is 5.02 Å². The third kappa shape index (κ3) is 3.91. The van der Waals surface area contributed by atoms with Crippen molar-refractivity contribution in [2.75, 3.05) is 19.8 Å². The van der Waals surface area contributed by atoms with Crippen molar-refractivity contribution in [1.82, 2.24) is 5.32 Å². The monoisotopic (exact) mass is 323 g/mol. The Morgan fingerprint density at radius 2 is 2.18 bits per heavy atom. The first kappa shape index (κ1) is 14.9. The van der Waals surface area contributed by atoms with E-state index in [0.29, 0.717) is 23.2 Å². The van der Waals surface area contributed by atoms with Crippen LogP contribution in [0.3, 0.4) is 0 Å². The van der Waals surface area contributed by atoms with Crippen LogP contribution in [-0.4, -0.2) is 19.8 Å². The first-order chi connectivity index (χ1) is 8.11. The first-order valence-electron chi connectivity index (χ1n) is 5.56. The van der Waals surface area contributed by atoms with Crippen molar-refractivity contribution in [3.05, 3.63) is 33.0 Å². The van der Waals surface area contributed by atoms with Crippen LogP contribution in [0.25, 0.3) is 0 Å². The highest BCUT2D eigenvalue weighted by molar-refractivity contribution is 9.10. The van der Waals surface area contributed by atoms with Gasteiger partial charge in [0.05, 0.1) is 17.7 Å². The SMILES string of the molecule is CCNC(COCC)c1ccc(Br)c(Cl)c1F. The first-order valence-corrected chi connectivity index (χ1v) is 6.73. The molecule has 0 fully saturated rings. The smallest absolute Gasteiger partial charge is 0.147 e. The zero-order valence-electron chi connectivity index (χ0n) is 9.90. The van der Waals surface area contributed by atoms with E-state index in [9.17, 15) is 4.39 Å². The Hall–Kier alpha value is -0.160. The molecule has 5 heteroatoms. The molecule has 1 aromatic carbocycles. The number of hydrogen-bond acceptors (Lipinski definition) is 2. The van der Waals surface area contributed by atoms with Gasteiger partial charge < -0.3 is 10.1 Å². The summed E-state index contributed by atoms with van der Waals surface area (Å²) in [6.07, 6.45) is 0. The van der Waals surface area contributed by atoms with E-state index >= 15 is 0 Å². The van der Waals surface area contributed by atoms with Gasteiger partial charge in [0.25, 0.3) is 0 Å². The molecule has 0 saturated heterocycles. The summed E-state index contributed by atoms with van der Waals surface area (Å²) in [5.74, 6) is -0.397. The summed E-state index contributed by atoms with van der Waals surface area (Å²) in [5.41, 5.74) is 0.536. The van der Waals surface area contributed by atoms with Crippen LogP contribution in [0, 0.1) is 5.82 Å². The molecule has 1 aromatic rings. The fourth-order valence-corrected chi connectivity index (χ4v) is 2.03. The summed E-state index contributed by atoms with van der Waals surface area (Å²) >= 11 is 9.07. The molecule has 0 aliphatic heterocycles. The summed E-state index contributed by atoms with van der Waals surface area (Å²) < 4.78 is 19.9. The Morgan fingerprint density at radius 3 is 2.76 bits per heavy atom. The quantitative estimate of drug-likeness (QED) is 0.801. The van der Waals surface area contributed by atoms with Crippen molar-refractivity contribution < 1.29 is 9.13 Å². The molecule has 17 heavy (non-hydrogen) atoms. The van der Waals surface area contributed by atoms with Crippen LogP contribution in [0.1, 0.15) is 25.5 Å². The third-order valence-electron chi connectivity index (χ3n) is 2.38. The number of hydrogen-bond donors (Lipinski definition) is 1. The molecule has 1 N–H and O–H groups in total. The van der Waals surface area contributed by atoms with Gasteiger partial charge in [-0.25, -0.2) is 4.39 Å². The maximum Gasteiger partial charge on any atom is 0.147 e. The lowest BCUT2D eigenvalue weighted by atomic mass is 10.1. The van der Waals surface area contributed by atoms with Crippen molar-refractivity contribution in [3.8, 4) is 0 Å². The number of benzene rings is 1. The van der Waals surface area contributed by atoms with Crippen molar-refractivity contribution in [2.24, 2.45) is 0 Å². The lowest BCUT2D eigenvalue weighted by molar-refractivity contribution is 0.122. The lowest BCUT2D eigenvalue weighted by Crippen LogP contribution is -2.26. The second-order valence-corrected chi connectivity index (χ2v) is 4.77. The number of nitrogens with one attached hydrogen (secondary N) is 1. The van der Waals surface area contributed by atoms with E-state index in [-0.39, 0.29) is 11.1 Å². The van der Waals surface area contributed by atoms with Crippen LogP contribution in [0.4, 0.5) is 4.39 Å². The van der Waals surface area contributed by atoms with Gasteiger partial charge in [-0.05, 0) is 35.5 Å². The average molecular weight is 325 g/mol. The molecule has 0 saturated carbocycles. The summed E-state index contributed by atoms with van der Waals surface area (Å²) in [4.78, 5) is 0. The highest BCUT2D eigenvalue weighted by Gasteiger charge is 2.18. The van der Waals surface area contributed by atoms with Crippen LogP contribution >= 0.6 is 27.5 Å². The van der Waals surface area contributed by atoms with Gasteiger partial charge in [0, 0.05) is 16.6 Å². The maximum absolute atomic E-state index is 14.0. The normalized spacial score (nSPS) is 12.8. The van der Waals surface area contributed by atoms with Gasteiger partial charge in [-0.3, -0.25) is 0 Å². The van der Waals surface area contributed by atoms with E-state index < -0.39 is 5.82 Å². The molecule has 0 heterocycles. The zero-order chi connectivity index (χ0) is 12.8. The molecule has 1 atom stereocenters. The molecule has 96 valence electrons. The van der Waals surface area contributed by atoms with Crippen LogP contribution in [-0.2, 0) is 4.74 Å². The minimum atomic E-state index is -0.397. The van der Waals surface area contributed by atoms with Gasteiger partial charge in [-0.1, -0.05) is 24.6 Å². The summed E-state index contributed by atoms with van der Waals surface area (Å²) in [7, 11) is 0. The van der Waals surface area contributed by atoms with Crippen LogP contribution in [0.5, 0.6) is 0 Å². The minimum Gasteiger partial charge on any atom is -0.380 e. The second-order valence-electron chi connectivity index (χ2n) is 3.53. The molecule has 0 radical (unpaired) electrons. The van der Waals surface area contributed by atoms with E-state index in [2.05, 4.69) is 21.2 Å². The summed E-state index contributed by atoms with van der Waals surface area (Å²) in [5, 5.41) is 3.30. The Balaban J connectivity index is 2.97. The Morgan fingerprint density at radius 1 is 1.47 bits per heavy atom. The van der Waals surface area contributed by atoms with Gasteiger partial charge in [0.1, 0.15) is 5.82 Å². The Kier molecular flexibility index (Phi) is 6.41. The Bertz CT molecular complexity index is 376. The minimum absolute atomic E-state index is 0.113. The predicted molar refractivity (Wildman–Crippen MR) is 72.0 cm³/mol. The van der Waals surface area contributed by atoms with E-state index in [0.717, 1.165) is 6.54 Å². The molecule has 0 amide bonds. The molecule has 0 aliphatic carbocycles. The average Bonchev–Trinajstić information content (AvgIpc) is 2.32. The van der Waals surface area contributed by atoms with Crippen molar-refractivity contribution >= 4 is 27.5 Å². The molecule has 1 rings (SSSR count). The number of likely N-dealkylation sites (N-methyl/N-ethyl adjacent to an activating group) is 1. The number of rotatable bonds is 6. The van der Waals surface area contributed by atoms with Gasteiger partial charge in [0.15, 0.2) is 0 Å². The third-order valence-corrected chi connectivity index (χ3v) is 3.64. The molecular formula is C12H16BrClFNO. The van der Waals surface area contributed by atoms with Gasteiger partial charge in [-0.2, -0.15) is 0 Å². The predicted octanol–water partition coefficient (Wildman–Crippen LogP) is 3.93. The summed E-state index contributed by atoms with van der Waals surface area (Å²) in [6.45, 7) is 5.66. The Labute approximate surface area is 115 Å². The second kappa shape index (κ2) is 7.31. The fourth-order valence-electron chi connectivity index (χ4n) is 1.55. The van der Waals surface area contributed by atoms with E-state index in [1.807, 2.05) is 13.8 Å². The largest absolute Gasteiger partial charge is 0.380 e. The van der Waals surface area contributed by atoms with E-state index in [1.54, 1.807) is 12.1 Å². The molecule has 1 unspecified atom stereocenters. The van der Waals surface area contributed by atoms with Crippen molar-refractivity contribution in [1.29, 1.82) is 0 Å². The van der Waals surface area contributed by atoms with Crippen LogP contribution < -0.4 is 5.32 Å². The van der Waals surface area contributed by atoms with Crippen molar-refractivity contribution in [2.45, 2.75) is 19.9 Å².